The van der Waals surface area contributed by atoms with Crippen molar-refractivity contribution in [1.29, 1.82) is 0 Å². The minimum Gasteiger partial charge on any atom is -0.392 e. The van der Waals surface area contributed by atoms with Crippen LogP contribution < -0.4 is 10.6 Å². The second-order valence-electron chi connectivity index (χ2n) is 4.49. The molecule has 1 aliphatic heterocycles. The SMILES string of the molecule is CC(O)CNCCNC(=O)C1(C)CCCS1. The van der Waals surface area contributed by atoms with Gasteiger partial charge in [0.05, 0.1) is 10.9 Å². The largest absolute Gasteiger partial charge is 0.392 e. The monoisotopic (exact) mass is 246 g/mol. The second kappa shape index (κ2) is 6.47. The van der Waals surface area contributed by atoms with Gasteiger partial charge in [0.15, 0.2) is 0 Å². The molecule has 4 nitrogen and oxygen atoms in total. The van der Waals surface area contributed by atoms with Crippen LogP contribution >= 0.6 is 11.8 Å². The lowest BCUT2D eigenvalue weighted by Gasteiger charge is -2.21. The van der Waals surface area contributed by atoms with Crippen molar-refractivity contribution in [3.05, 3.63) is 0 Å². The first-order valence-corrected chi connectivity index (χ1v) is 6.84. The molecule has 2 atom stereocenters. The predicted molar refractivity (Wildman–Crippen MR) is 67.7 cm³/mol. The van der Waals surface area contributed by atoms with E-state index in [9.17, 15) is 4.79 Å². The van der Waals surface area contributed by atoms with Crippen LogP contribution in [0.4, 0.5) is 0 Å². The van der Waals surface area contributed by atoms with Gasteiger partial charge in [-0.3, -0.25) is 4.79 Å². The van der Waals surface area contributed by atoms with Crippen LogP contribution in [0.1, 0.15) is 26.7 Å². The van der Waals surface area contributed by atoms with Crippen LogP contribution in [0.5, 0.6) is 0 Å². The molecule has 94 valence electrons. The molecule has 0 aromatic rings. The number of nitrogens with one attached hydrogen (secondary N) is 2. The van der Waals surface area contributed by atoms with E-state index in [2.05, 4.69) is 10.6 Å². The summed E-state index contributed by atoms with van der Waals surface area (Å²) in [4.78, 5) is 11.9. The van der Waals surface area contributed by atoms with E-state index in [1.807, 2.05) is 6.92 Å². The van der Waals surface area contributed by atoms with Gasteiger partial charge < -0.3 is 15.7 Å². The smallest absolute Gasteiger partial charge is 0.235 e. The number of carbonyl (C=O) groups excluding carboxylic acids is 1. The Morgan fingerprint density at radius 2 is 2.31 bits per heavy atom. The van der Waals surface area contributed by atoms with Crippen molar-refractivity contribution >= 4 is 17.7 Å². The number of aliphatic hydroxyl groups is 1. The van der Waals surface area contributed by atoms with Crippen molar-refractivity contribution in [2.45, 2.75) is 37.5 Å². The Morgan fingerprint density at radius 1 is 1.56 bits per heavy atom. The highest BCUT2D eigenvalue weighted by molar-refractivity contribution is 8.01. The van der Waals surface area contributed by atoms with Crippen LogP contribution in [0, 0.1) is 0 Å². The number of hydrogen-bond donors (Lipinski definition) is 3. The van der Waals surface area contributed by atoms with Crippen molar-refractivity contribution in [2.75, 3.05) is 25.4 Å². The first-order valence-electron chi connectivity index (χ1n) is 5.85. The van der Waals surface area contributed by atoms with Crippen molar-refractivity contribution < 1.29 is 9.90 Å². The molecule has 0 aromatic carbocycles. The van der Waals surface area contributed by atoms with Gasteiger partial charge >= 0.3 is 0 Å². The topological polar surface area (TPSA) is 61.4 Å². The summed E-state index contributed by atoms with van der Waals surface area (Å²) >= 11 is 1.75. The number of hydrogen-bond acceptors (Lipinski definition) is 4. The standard InChI is InChI=1S/C11H22N2O2S/c1-9(14)8-12-5-6-13-10(15)11(2)4-3-7-16-11/h9,12,14H,3-8H2,1-2H3,(H,13,15). The van der Waals surface area contributed by atoms with E-state index in [1.165, 1.54) is 0 Å². The molecule has 0 aromatic heterocycles. The Labute approximate surface area is 102 Å². The number of carbonyl (C=O) groups is 1. The highest BCUT2D eigenvalue weighted by Gasteiger charge is 2.36. The first kappa shape index (κ1) is 13.8. The number of thioether (sulfide) groups is 1. The summed E-state index contributed by atoms with van der Waals surface area (Å²) in [7, 11) is 0. The molecule has 0 spiro atoms. The summed E-state index contributed by atoms with van der Waals surface area (Å²) < 4.78 is -0.218. The average molecular weight is 246 g/mol. The molecule has 5 heteroatoms. The van der Waals surface area contributed by atoms with E-state index in [1.54, 1.807) is 18.7 Å². The van der Waals surface area contributed by atoms with E-state index in [-0.39, 0.29) is 16.8 Å². The lowest BCUT2D eigenvalue weighted by molar-refractivity contribution is -0.123. The number of aliphatic hydroxyl groups excluding tert-OH is 1. The fraction of sp³-hybridized carbons (Fsp3) is 0.909. The molecule has 0 aliphatic carbocycles. The fourth-order valence-electron chi connectivity index (χ4n) is 1.72. The van der Waals surface area contributed by atoms with Crippen molar-refractivity contribution in [3.8, 4) is 0 Å². The van der Waals surface area contributed by atoms with Gasteiger partial charge in [0.1, 0.15) is 0 Å². The molecule has 1 heterocycles. The van der Waals surface area contributed by atoms with Gasteiger partial charge in [-0.05, 0) is 32.4 Å². The van der Waals surface area contributed by atoms with Crippen molar-refractivity contribution in [1.82, 2.24) is 10.6 Å². The maximum Gasteiger partial charge on any atom is 0.235 e. The van der Waals surface area contributed by atoms with Gasteiger partial charge in [-0.1, -0.05) is 0 Å². The van der Waals surface area contributed by atoms with E-state index in [4.69, 9.17) is 5.11 Å². The summed E-state index contributed by atoms with van der Waals surface area (Å²) in [6.45, 7) is 5.66. The van der Waals surface area contributed by atoms with Crippen molar-refractivity contribution in [2.24, 2.45) is 0 Å². The molecule has 0 bridgehead atoms. The lowest BCUT2D eigenvalue weighted by atomic mass is 10.1. The lowest BCUT2D eigenvalue weighted by Crippen LogP contribution is -2.43. The predicted octanol–water partition coefficient (Wildman–Crippen LogP) is 0.359. The summed E-state index contributed by atoms with van der Waals surface area (Å²) in [5.74, 6) is 1.23. The van der Waals surface area contributed by atoms with Gasteiger partial charge in [-0.15, -0.1) is 11.8 Å². The van der Waals surface area contributed by atoms with Gasteiger partial charge in [-0.25, -0.2) is 0 Å². The van der Waals surface area contributed by atoms with Crippen molar-refractivity contribution in [3.63, 3.8) is 0 Å². The summed E-state index contributed by atoms with van der Waals surface area (Å²) in [6.07, 6.45) is 1.78. The number of rotatable bonds is 6. The van der Waals surface area contributed by atoms with Crippen LogP contribution in [0.3, 0.4) is 0 Å². The van der Waals surface area contributed by atoms with Crippen LogP contribution in [0.15, 0.2) is 0 Å². The minimum absolute atomic E-state index is 0.147. The van der Waals surface area contributed by atoms with Crippen LogP contribution in [0.25, 0.3) is 0 Å². The molecule has 1 amide bonds. The fourth-order valence-corrected chi connectivity index (χ4v) is 2.95. The highest BCUT2D eigenvalue weighted by Crippen LogP contribution is 2.37. The maximum atomic E-state index is 11.9. The zero-order valence-corrected chi connectivity index (χ0v) is 10.9. The Hall–Kier alpha value is -0.260. The minimum atomic E-state index is -0.335. The zero-order chi connectivity index (χ0) is 12.0. The first-order chi connectivity index (χ1) is 7.54. The Morgan fingerprint density at radius 3 is 2.88 bits per heavy atom. The quantitative estimate of drug-likeness (QED) is 0.592. The van der Waals surface area contributed by atoms with E-state index >= 15 is 0 Å². The molecule has 2 unspecified atom stereocenters. The van der Waals surface area contributed by atoms with Crippen LogP contribution in [-0.2, 0) is 4.79 Å². The maximum absolute atomic E-state index is 11.9. The molecule has 1 aliphatic rings. The Kier molecular flexibility index (Phi) is 5.58. The molecule has 3 N–H and O–H groups in total. The number of amides is 1. The molecular weight excluding hydrogens is 224 g/mol. The van der Waals surface area contributed by atoms with Gasteiger partial charge in [-0.2, -0.15) is 0 Å². The van der Waals surface area contributed by atoms with Gasteiger partial charge in [0.25, 0.3) is 0 Å². The summed E-state index contributed by atoms with van der Waals surface area (Å²) in [5.41, 5.74) is 0. The second-order valence-corrected chi connectivity index (χ2v) is 6.09. The van der Waals surface area contributed by atoms with Gasteiger partial charge in [0, 0.05) is 19.6 Å². The molecule has 0 radical (unpaired) electrons. The Bertz CT molecular complexity index is 228. The highest BCUT2D eigenvalue weighted by atomic mass is 32.2. The van der Waals surface area contributed by atoms with Gasteiger partial charge in [0.2, 0.25) is 5.91 Å². The molecular formula is C11H22N2O2S. The third-order valence-electron chi connectivity index (χ3n) is 2.73. The molecule has 0 saturated carbocycles. The van der Waals surface area contributed by atoms with Crippen LogP contribution in [-0.4, -0.2) is 47.3 Å². The van der Waals surface area contributed by atoms with Crippen LogP contribution in [0.2, 0.25) is 0 Å². The average Bonchev–Trinajstić information content (AvgIpc) is 2.65. The zero-order valence-electron chi connectivity index (χ0n) is 10.1. The van der Waals surface area contributed by atoms with E-state index in [0.717, 1.165) is 18.6 Å². The summed E-state index contributed by atoms with van der Waals surface area (Å²) in [6, 6.07) is 0. The normalized spacial score (nSPS) is 26.7. The third kappa shape index (κ3) is 4.31. The molecule has 1 saturated heterocycles. The Balaban J connectivity index is 2.10. The van der Waals surface area contributed by atoms with E-state index in [0.29, 0.717) is 19.6 Å². The summed E-state index contributed by atoms with van der Waals surface area (Å²) in [5, 5.41) is 15.0. The third-order valence-corrected chi connectivity index (χ3v) is 4.25. The molecule has 1 fully saturated rings. The van der Waals surface area contributed by atoms with E-state index < -0.39 is 0 Å². The molecule has 1 rings (SSSR count). The molecule has 16 heavy (non-hydrogen) atoms.